The third kappa shape index (κ3) is 1.58. The molecule has 1 heteroatoms. The molecule has 0 aliphatic carbocycles. The first-order valence-electron chi connectivity index (χ1n) is 4.96. The molecule has 1 heterocycles. The predicted molar refractivity (Wildman–Crippen MR) is 49.8 cm³/mol. The zero-order valence-electron chi connectivity index (χ0n) is 8.19. The van der Waals surface area contributed by atoms with E-state index in [1.54, 1.807) is 0 Å². The highest BCUT2D eigenvalue weighted by atomic mass is 15.2. The average Bonchev–Trinajstić information content (AvgIpc) is 2.35. The Morgan fingerprint density at radius 1 is 1.36 bits per heavy atom. The minimum Gasteiger partial charge on any atom is -0.301 e. The van der Waals surface area contributed by atoms with Crippen molar-refractivity contribution in [2.24, 2.45) is 0 Å². The lowest BCUT2D eigenvalue weighted by atomic mass is 9.88. The molecule has 0 unspecified atom stereocenters. The quantitative estimate of drug-likeness (QED) is 0.605. The van der Waals surface area contributed by atoms with Crippen LogP contribution in [0.1, 0.15) is 46.0 Å². The van der Waals surface area contributed by atoms with E-state index in [-0.39, 0.29) is 0 Å². The molecule has 1 aliphatic heterocycles. The third-order valence-corrected chi connectivity index (χ3v) is 3.32. The minimum atomic E-state index is 0.578. The van der Waals surface area contributed by atoms with Gasteiger partial charge in [-0.1, -0.05) is 20.3 Å². The van der Waals surface area contributed by atoms with E-state index in [1.807, 2.05) is 0 Å². The second kappa shape index (κ2) is 3.57. The molecule has 1 saturated heterocycles. The maximum atomic E-state index is 2.57. The minimum absolute atomic E-state index is 0.578. The highest BCUT2D eigenvalue weighted by Crippen LogP contribution is 2.34. The van der Waals surface area contributed by atoms with Gasteiger partial charge in [0.15, 0.2) is 0 Å². The summed E-state index contributed by atoms with van der Waals surface area (Å²) in [5, 5.41) is 0. The van der Waals surface area contributed by atoms with Crippen LogP contribution in [0.4, 0.5) is 0 Å². The topological polar surface area (TPSA) is 3.24 Å². The van der Waals surface area contributed by atoms with Crippen LogP contribution in [-0.4, -0.2) is 24.0 Å². The summed E-state index contributed by atoms with van der Waals surface area (Å²) in [6.07, 6.45) is 6.88. The van der Waals surface area contributed by atoms with Crippen molar-refractivity contribution in [2.75, 3.05) is 13.6 Å². The van der Waals surface area contributed by atoms with Crippen LogP contribution in [0.3, 0.4) is 0 Å². The zero-order valence-corrected chi connectivity index (χ0v) is 8.19. The van der Waals surface area contributed by atoms with Crippen molar-refractivity contribution in [3.63, 3.8) is 0 Å². The lowest BCUT2D eigenvalue weighted by molar-refractivity contribution is 0.153. The Morgan fingerprint density at radius 2 is 2.09 bits per heavy atom. The van der Waals surface area contributed by atoms with Gasteiger partial charge >= 0.3 is 0 Å². The lowest BCUT2D eigenvalue weighted by Crippen LogP contribution is -2.40. The summed E-state index contributed by atoms with van der Waals surface area (Å²) in [5.41, 5.74) is 0.578. The van der Waals surface area contributed by atoms with Gasteiger partial charge in [-0.3, -0.25) is 0 Å². The van der Waals surface area contributed by atoms with E-state index < -0.39 is 0 Å². The van der Waals surface area contributed by atoms with Gasteiger partial charge in [-0.15, -0.1) is 0 Å². The standard InChI is InChI=1S/C10H21N/c1-4-7-10(5-2)8-6-9-11(10)3/h4-9H2,1-3H3/t10-/m0/s1. The molecule has 0 amide bonds. The molecule has 1 atom stereocenters. The summed E-state index contributed by atoms with van der Waals surface area (Å²) in [6, 6.07) is 0. The Labute approximate surface area is 70.8 Å². The Hall–Kier alpha value is -0.0400. The Kier molecular flexibility index (Phi) is 2.94. The fourth-order valence-corrected chi connectivity index (χ4v) is 2.48. The van der Waals surface area contributed by atoms with Crippen molar-refractivity contribution in [1.29, 1.82) is 0 Å². The summed E-state index contributed by atoms with van der Waals surface area (Å²) >= 11 is 0. The largest absolute Gasteiger partial charge is 0.301 e. The first-order valence-corrected chi connectivity index (χ1v) is 4.96. The van der Waals surface area contributed by atoms with E-state index in [0.717, 1.165) is 0 Å². The van der Waals surface area contributed by atoms with Crippen molar-refractivity contribution < 1.29 is 0 Å². The SMILES string of the molecule is CCC[C@@]1(CC)CCCN1C. The summed E-state index contributed by atoms with van der Waals surface area (Å²) in [7, 11) is 2.28. The van der Waals surface area contributed by atoms with Gasteiger partial charge < -0.3 is 4.90 Å². The molecule has 11 heavy (non-hydrogen) atoms. The molecule has 0 aromatic carbocycles. The fraction of sp³-hybridized carbons (Fsp3) is 1.00. The number of likely N-dealkylation sites (tertiary alicyclic amines) is 1. The van der Waals surface area contributed by atoms with Crippen molar-refractivity contribution in [3.8, 4) is 0 Å². The molecular formula is C10H21N. The molecule has 0 N–H and O–H groups in total. The first-order chi connectivity index (χ1) is 5.25. The molecule has 0 aromatic rings. The molecule has 0 spiro atoms. The molecule has 1 aliphatic rings. The Morgan fingerprint density at radius 3 is 2.45 bits per heavy atom. The van der Waals surface area contributed by atoms with Gasteiger partial charge in [0.05, 0.1) is 0 Å². The third-order valence-electron chi connectivity index (χ3n) is 3.32. The molecular weight excluding hydrogens is 134 g/mol. The highest BCUT2D eigenvalue weighted by molar-refractivity contribution is 4.92. The number of hydrogen-bond donors (Lipinski definition) is 0. The molecule has 66 valence electrons. The van der Waals surface area contributed by atoms with Gasteiger partial charge in [-0.05, 0) is 39.3 Å². The van der Waals surface area contributed by atoms with Gasteiger partial charge in [-0.2, -0.15) is 0 Å². The maximum absolute atomic E-state index is 2.57. The first kappa shape index (κ1) is 9.05. The van der Waals surface area contributed by atoms with Crippen LogP contribution in [0.5, 0.6) is 0 Å². The van der Waals surface area contributed by atoms with Gasteiger partial charge in [0.25, 0.3) is 0 Å². The van der Waals surface area contributed by atoms with Crippen molar-refractivity contribution in [2.45, 2.75) is 51.5 Å². The monoisotopic (exact) mass is 155 g/mol. The maximum Gasteiger partial charge on any atom is 0.0204 e. The van der Waals surface area contributed by atoms with Crippen LogP contribution in [-0.2, 0) is 0 Å². The summed E-state index contributed by atoms with van der Waals surface area (Å²) in [5.74, 6) is 0. The summed E-state index contributed by atoms with van der Waals surface area (Å²) in [6.45, 7) is 5.94. The average molecular weight is 155 g/mol. The van der Waals surface area contributed by atoms with Gasteiger partial charge in [0, 0.05) is 5.54 Å². The molecule has 1 rings (SSSR count). The van der Waals surface area contributed by atoms with Gasteiger partial charge in [-0.25, -0.2) is 0 Å². The molecule has 0 aromatic heterocycles. The molecule has 1 fully saturated rings. The number of hydrogen-bond acceptors (Lipinski definition) is 1. The second-order valence-electron chi connectivity index (χ2n) is 3.85. The Bertz CT molecular complexity index is 122. The van der Waals surface area contributed by atoms with E-state index in [4.69, 9.17) is 0 Å². The normalized spacial score (nSPS) is 33.0. The van der Waals surface area contributed by atoms with E-state index in [0.29, 0.717) is 5.54 Å². The van der Waals surface area contributed by atoms with Crippen LogP contribution in [0.15, 0.2) is 0 Å². The van der Waals surface area contributed by atoms with E-state index in [9.17, 15) is 0 Å². The Balaban J connectivity index is 2.57. The second-order valence-corrected chi connectivity index (χ2v) is 3.85. The summed E-state index contributed by atoms with van der Waals surface area (Å²) in [4.78, 5) is 2.57. The molecule has 0 saturated carbocycles. The lowest BCUT2D eigenvalue weighted by Gasteiger charge is -2.35. The fourth-order valence-electron chi connectivity index (χ4n) is 2.48. The van der Waals surface area contributed by atoms with Crippen molar-refractivity contribution >= 4 is 0 Å². The highest BCUT2D eigenvalue weighted by Gasteiger charge is 2.35. The molecule has 1 nitrogen and oxygen atoms in total. The van der Waals surface area contributed by atoms with Crippen LogP contribution >= 0.6 is 0 Å². The summed E-state index contributed by atoms with van der Waals surface area (Å²) < 4.78 is 0. The molecule has 0 bridgehead atoms. The number of rotatable bonds is 3. The predicted octanol–water partition coefficient (Wildman–Crippen LogP) is 2.66. The number of nitrogens with zero attached hydrogens (tertiary/aromatic N) is 1. The van der Waals surface area contributed by atoms with Gasteiger partial charge in [0.2, 0.25) is 0 Å². The van der Waals surface area contributed by atoms with Crippen LogP contribution in [0.2, 0.25) is 0 Å². The van der Waals surface area contributed by atoms with Crippen LogP contribution < -0.4 is 0 Å². The smallest absolute Gasteiger partial charge is 0.0204 e. The van der Waals surface area contributed by atoms with E-state index in [1.165, 1.54) is 38.6 Å². The van der Waals surface area contributed by atoms with Crippen molar-refractivity contribution in [1.82, 2.24) is 4.90 Å². The zero-order chi connectivity index (χ0) is 8.32. The van der Waals surface area contributed by atoms with Crippen LogP contribution in [0, 0.1) is 0 Å². The van der Waals surface area contributed by atoms with Gasteiger partial charge in [0.1, 0.15) is 0 Å². The van der Waals surface area contributed by atoms with E-state index >= 15 is 0 Å². The van der Waals surface area contributed by atoms with E-state index in [2.05, 4.69) is 25.8 Å². The van der Waals surface area contributed by atoms with Crippen molar-refractivity contribution in [3.05, 3.63) is 0 Å². The van der Waals surface area contributed by atoms with Crippen LogP contribution in [0.25, 0.3) is 0 Å². The molecule has 0 radical (unpaired) electrons.